The molecule has 1 N–H and O–H groups in total. The number of aryl methyl sites for hydroxylation is 1. The second kappa shape index (κ2) is 6.17. The van der Waals surface area contributed by atoms with E-state index in [9.17, 15) is 13.2 Å². The van der Waals surface area contributed by atoms with Gasteiger partial charge in [0.05, 0.1) is 14.8 Å². The molecule has 0 radical (unpaired) electrons. The number of anilines is 1. The summed E-state index contributed by atoms with van der Waals surface area (Å²) >= 11 is 2.09. The smallest absolute Gasteiger partial charge is 0.372 e. The Morgan fingerprint density at radius 2 is 1.86 bits per heavy atom. The quantitative estimate of drug-likeness (QED) is 0.769. The standard InChI is InChI=1S/C14H13F3IN3/c1-3-10-11(18)13(19-2)21-12(20-10)8-6-4-5-7-9(8)14(15,16)17/h4-7H,3H2,1-2H3,(H,19,20,21). The van der Waals surface area contributed by atoms with Gasteiger partial charge < -0.3 is 5.32 Å². The third-order valence-corrected chi connectivity index (χ3v) is 4.10. The molecule has 1 aromatic carbocycles. The SMILES string of the molecule is CCc1nc(-c2ccccc2C(F)(F)F)nc(NC)c1I. The molecule has 112 valence electrons. The maximum absolute atomic E-state index is 13.1. The van der Waals surface area contributed by atoms with Crippen molar-refractivity contribution in [2.45, 2.75) is 19.5 Å². The number of hydrogen-bond acceptors (Lipinski definition) is 3. The van der Waals surface area contributed by atoms with Gasteiger partial charge in [-0.2, -0.15) is 13.2 Å². The minimum absolute atomic E-state index is 0.00685. The number of aromatic nitrogens is 2. The lowest BCUT2D eigenvalue weighted by Crippen LogP contribution is -2.10. The Bertz CT molecular complexity index is 631. The first kappa shape index (κ1) is 16.0. The van der Waals surface area contributed by atoms with Crippen LogP contribution in [0.5, 0.6) is 0 Å². The van der Waals surface area contributed by atoms with E-state index in [-0.39, 0.29) is 11.4 Å². The molecule has 0 unspecified atom stereocenters. The summed E-state index contributed by atoms with van der Waals surface area (Å²) in [5.41, 5.74) is -0.00941. The van der Waals surface area contributed by atoms with Crippen molar-refractivity contribution in [1.82, 2.24) is 9.97 Å². The minimum Gasteiger partial charge on any atom is -0.372 e. The molecule has 0 spiro atoms. The molecule has 2 rings (SSSR count). The summed E-state index contributed by atoms with van der Waals surface area (Å²) in [4.78, 5) is 8.50. The topological polar surface area (TPSA) is 37.8 Å². The predicted molar refractivity (Wildman–Crippen MR) is 84.1 cm³/mol. The monoisotopic (exact) mass is 407 g/mol. The molecule has 1 aromatic heterocycles. The largest absolute Gasteiger partial charge is 0.417 e. The molecule has 2 aromatic rings. The van der Waals surface area contributed by atoms with Crippen LogP contribution in [0, 0.1) is 3.57 Å². The van der Waals surface area contributed by atoms with E-state index in [1.54, 1.807) is 13.1 Å². The van der Waals surface area contributed by atoms with Crippen LogP contribution in [-0.2, 0) is 12.6 Å². The number of halogens is 4. The molecular weight excluding hydrogens is 394 g/mol. The number of alkyl halides is 3. The Balaban J connectivity index is 2.68. The van der Waals surface area contributed by atoms with Crippen LogP contribution < -0.4 is 5.32 Å². The number of hydrogen-bond donors (Lipinski definition) is 1. The highest BCUT2D eigenvalue weighted by Gasteiger charge is 2.34. The van der Waals surface area contributed by atoms with Gasteiger partial charge in [-0.1, -0.05) is 25.1 Å². The Morgan fingerprint density at radius 3 is 2.43 bits per heavy atom. The van der Waals surface area contributed by atoms with Crippen LogP contribution >= 0.6 is 22.6 Å². The summed E-state index contributed by atoms with van der Waals surface area (Å²) in [5.74, 6) is 0.624. The second-order valence-corrected chi connectivity index (χ2v) is 5.38. The normalized spacial score (nSPS) is 11.5. The zero-order valence-corrected chi connectivity index (χ0v) is 13.6. The fourth-order valence-electron chi connectivity index (χ4n) is 1.94. The molecule has 0 fully saturated rings. The molecular formula is C14H13F3IN3. The van der Waals surface area contributed by atoms with Gasteiger partial charge in [0.25, 0.3) is 0 Å². The average molecular weight is 407 g/mol. The Hall–Kier alpha value is -1.38. The molecule has 0 saturated carbocycles. The Morgan fingerprint density at radius 1 is 1.19 bits per heavy atom. The second-order valence-electron chi connectivity index (χ2n) is 4.30. The van der Waals surface area contributed by atoms with Crippen LogP contribution in [-0.4, -0.2) is 17.0 Å². The van der Waals surface area contributed by atoms with E-state index in [1.807, 2.05) is 6.92 Å². The zero-order valence-electron chi connectivity index (χ0n) is 11.4. The van der Waals surface area contributed by atoms with Gasteiger partial charge in [-0.3, -0.25) is 0 Å². The molecule has 0 atom stereocenters. The van der Waals surface area contributed by atoms with Crippen LogP contribution in [0.3, 0.4) is 0 Å². The lowest BCUT2D eigenvalue weighted by Gasteiger charge is -2.14. The highest BCUT2D eigenvalue weighted by Crippen LogP contribution is 2.36. The van der Waals surface area contributed by atoms with Crippen LogP contribution in [0.2, 0.25) is 0 Å². The fraction of sp³-hybridized carbons (Fsp3) is 0.286. The van der Waals surface area contributed by atoms with E-state index in [1.165, 1.54) is 12.1 Å². The van der Waals surface area contributed by atoms with Crippen molar-refractivity contribution in [3.63, 3.8) is 0 Å². The number of nitrogens with one attached hydrogen (secondary N) is 1. The van der Waals surface area contributed by atoms with Gasteiger partial charge in [0.2, 0.25) is 0 Å². The third kappa shape index (κ3) is 3.28. The molecule has 21 heavy (non-hydrogen) atoms. The van der Waals surface area contributed by atoms with E-state index in [2.05, 4.69) is 37.9 Å². The zero-order chi connectivity index (χ0) is 15.6. The van der Waals surface area contributed by atoms with E-state index < -0.39 is 11.7 Å². The molecule has 0 aliphatic heterocycles. The molecule has 0 aliphatic rings. The Labute approximate surface area is 134 Å². The number of nitrogens with zero attached hydrogens (tertiary/aromatic N) is 2. The maximum atomic E-state index is 13.1. The minimum atomic E-state index is -4.44. The number of benzene rings is 1. The van der Waals surface area contributed by atoms with Gasteiger partial charge >= 0.3 is 6.18 Å². The molecule has 0 saturated heterocycles. The number of rotatable bonds is 3. The van der Waals surface area contributed by atoms with E-state index in [4.69, 9.17) is 0 Å². The van der Waals surface area contributed by atoms with Gasteiger partial charge in [0.15, 0.2) is 5.82 Å². The van der Waals surface area contributed by atoms with Gasteiger partial charge in [-0.25, -0.2) is 9.97 Å². The van der Waals surface area contributed by atoms with E-state index >= 15 is 0 Å². The van der Waals surface area contributed by atoms with E-state index in [0.717, 1.165) is 15.3 Å². The van der Waals surface area contributed by atoms with Gasteiger partial charge in [-0.05, 0) is 35.1 Å². The van der Waals surface area contributed by atoms with Crippen molar-refractivity contribution < 1.29 is 13.2 Å². The average Bonchev–Trinajstić information content (AvgIpc) is 2.46. The molecule has 1 heterocycles. The van der Waals surface area contributed by atoms with Crippen LogP contribution in [0.4, 0.5) is 19.0 Å². The summed E-state index contributed by atoms with van der Waals surface area (Å²) in [6.45, 7) is 1.91. The summed E-state index contributed by atoms with van der Waals surface area (Å²) in [7, 11) is 1.68. The molecule has 7 heteroatoms. The van der Waals surface area contributed by atoms with Crippen molar-refractivity contribution in [2.24, 2.45) is 0 Å². The molecule has 0 bridgehead atoms. The van der Waals surface area contributed by atoms with Crippen molar-refractivity contribution in [3.05, 3.63) is 39.1 Å². The van der Waals surface area contributed by atoms with Crippen LogP contribution in [0.15, 0.2) is 24.3 Å². The first-order chi connectivity index (χ1) is 9.88. The maximum Gasteiger partial charge on any atom is 0.417 e. The third-order valence-electron chi connectivity index (χ3n) is 2.96. The molecule has 3 nitrogen and oxygen atoms in total. The summed E-state index contributed by atoms with van der Waals surface area (Å²) < 4.78 is 40.1. The summed E-state index contributed by atoms with van der Waals surface area (Å²) in [6, 6.07) is 5.35. The fourth-order valence-corrected chi connectivity index (χ4v) is 2.83. The first-order valence-electron chi connectivity index (χ1n) is 6.29. The summed E-state index contributed by atoms with van der Waals surface area (Å²) in [5, 5.41) is 2.90. The van der Waals surface area contributed by atoms with Crippen molar-refractivity contribution >= 4 is 28.4 Å². The lowest BCUT2D eigenvalue weighted by atomic mass is 10.1. The summed E-state index contributed by atoms with van der Waals surface area (Å²) in [6.07, 6.45) is -3.81. The van der Waals surface area contributed by atoms with Crippen molar-refractivity contribution in [1.29, 1.82) is 0 Å². The van der Waals surface area contributed by atoms with Crippen LogP contribution in [0.25, 0.3) is 11.4 Å². The van der Waals surface area contributed by atoms with Gasteiger partial charge in [-0.15, -0.1) is 0 Å². The predicted octanol–water partition coefficient (Wildman–Crippen LogP) is 4.37. The lowest BCUT2D eigenvalue weighted by molar-refractivity contribution is -0.137. The van der Waals surface area contributed by atoms with Gasteiger partial charge in [0.1, 0.15) is 5.82 Å². The highest BCUT2D eigenvalue weighted by atomic mass is 127. The van der Waals surface area contributed by atoms with Crippen molar-refractivity contribution in [3.8, 4) is 11.4 Å². The molecule has 0 amide bonds. The molecule has 0 aliphatic carbocycles. The van der Waals surface area contributed by atoms with Gasteiger partial charge in [0, 0.05) is 12.6 Å². The first-order valence-corrected chi connectivity index (χ1v) is 7.37. The Kier molecular flexibility index (Phi) is 4.70. The van der Waals surface area contributed by atoms with E-state index in [0.29, 0.717) is 12.2 Å². The van der Waals surface area contributed by atoms with Crippen LogP contribution in [0.1, 0.15) is 18.2 Å². The van der Waals surface area contributed by atoms with Crippen molar-refractivity contribution in [2.75, 3.05) is 12.4 Å². The highest BCUT2D eigenvalue weighted by molar-refractivity contribution is 14.1.